The lowest BCUT2D eigenvalue weighted by molar-refractivity contribution is 0.142. The Morgan fingerprint density at radius 3 is 3.44 bits per heavy atom. The van der Waals surface area contributed by atoms with Crippen LogP contribution in [0.5, 0.6) is 0 Å². The molecule has 0 aromatic carbocycles. The van der Waals surface area contributed by atoms with Gasteiger partial charge in [0.1, 0.15) is 6.26 Å². The molecule has 46 valence electrons. The number of fused-ring (bicyclic) bond motifs is 1. The average molecular weight is 122 g/mol. The van der Waals surface area contributed by atoms with Gasteiger partial charge in [-0.3, -0.25) is 4.90 Å². The van der Waals surface area contributed by atoms with Crippen LogP contribution in [0.15, 0.2) is 29.7 Å². The second-order valence-electron chi connectivity index (χ2n) is 1.87. The van der Waals surface area contributed by atoms with E-state index in [0.29, 0.717) is 0 Å². The number of rotatable bonds is 0. The first kappa shape index (κ1) is 4.61. The molecule has 0 saturated heterocycles. The first-order valence-electron chi connectivity index (χ1n) is 2.76. The standard InChI is InChI=1S/C6H6N2O/c1-2-7-5-8-3-4-9-6(1)8/h1-6H. The lowest BCUT2D eigenvalue weighted by atomic mass is 10.5. The van der Waals surface area contributed by atoms with E-state index in [2.05, 4.69) is 4.99 Å². The Bertz CT molecular complexity index is 195. The van der Waals surface area contributed by atoms with Crippen LogP contribution in [0, 0.1) is 0 Å². The quantitative estimate of drug-likeness (QED) is 0.471. The van der Waals surface area contributed by atoms with E-state index >= 15 is 0 Å². The van der Waals surface area contributed by atoms with Crippen LogP contribution in [0.25, 0.3) is 0 Å². The van der Waals surface area contributed by atoms with Gasteiger partial charge in [0.15, 0.2) is 6.23 Å². The van der Waals surface area contributed by atoms with Crippen molar-refractivity contribution in [2.24, 2.45) is 4.99 Å². The smallest absolute Gasteiger partial charge is 0.197 e. The van der Waals surface area contributed by atoms with Crippen molar-refractivity contribution in [3.8, 4) is 0 Å². The highest BCUT2D eigenvalue weighted by molar-refractivity contribution is 5.60. The molecule has 0 aromatic heterocycles. The summed E-state index contributed by atoms with van der Waals surface area (Å²) in [5.41, 5.74) is 0. The lowest BCUT2D eigenvalue weighted by Gasteiger charge is -2.17. The zero-order chi connectivity index (χ0) is 6.10. The highest BCUT2D eigenvalue weighted by Gasteiger charge is 2.16. The van der Waals surface area contributed by atoms with E-state index in [0.717, 1.165) is 0 Å². The van der Waals surface area contributed by atoms with Crippen molar-refractivity contribution >= 4 is 6.34 Å². The van der Waals surface area contributed by atoms with Crippen molar-refractivity contribution in [2.45, 2.75) is 6.23 Å². The molecule has 0 fully saturated rings. The van der Waals surface area contributed by atoms with E-state index in [1.54, 1.807) is 18.8 Å². The van der Waals surface area contributed by atoms with Crippen molar-refractivity contribution in [1.29, 1.82) is 0 Å². The van der Waals surface area contributed by atoms with Gasteiger partial charge in [-0.1, -0.05) is 0 Å². The first-order chi connectivity index (χ1) is 4.47. The molecular weight excluding hydrogens is 116 g/mol. The van der Waals surface area contributed by atoms with Gasteiger partial charge < -0.3 is 4.74 Å². The van der Waals surface area contributed by atoms with E-state index in [9.17, 15) is 0 Å². The summed E-state index contributed by atoms with van der Waals surface area (Å²) in [7, 11) is 0. The molecule has 0 saturated carbocycles. The summed E-state index contributed by atoms with van der Waals surface area (Å²) in [5.74, 6) is 0. The molecule has 2 aliphatic heterocycles. The van der Waals surface area contributed by atoms with Crippen molar-refractivity contribution in [3.05, 3.63) is 24.7 Å². The summed E-state index contributed by atoms with van der Waals surface area (Å²) in [5, 5.41) is 0. The van der Waals surface area contributed by atoms with Crippen LogP contribution in [-0.2, 0) is 4.74 Å². The summed E-state index contributed by atoms with van der Waals surface area (Å²) in [6.45, 7) is 0. The second-order valence-corrected chi connectivity index (χ2v) is 1.87. The minimum Gasteiger partial charge on any atom is -0.473 e. The summed E-state index contributed by atoms with van der Waals surface area (Å²) in [6.07, 6.45) is 8.91. The number of hydrogen-bond donors (Lipinski definition) is 0. The first-order valence-corrected chi connectivity index (χ1v) is 2.76. The van der Waals surface area contributed by atoms with Crippen LogP contribution < -0.4 is 0 Å². The topological polar surface area (TPSA) is 24.8 Å². The van der Waals surface area contributed by atoms with Crippen LogP contribution in [0.1, 0.15) is 0 Å². The highest BCUT2D eigenvalue weighted by Crippen LogP contribution is 2.12. The normalized spacial score (nSPS) is 28.4. The number of ether oxygens (including phenoxy) is 1. The minimum atomic E-state index is 0.0579. The van der Waals surface area contributed by atoms with Crippen LogP contribution in [0.3, 0.4) is 0 Å². The maximum atomic E-state index is 5.12. The average Bonchev–Trinajstić information content (AvgIpc) is 2.33. The number of hydrogen-bond acceptors (Lipinski definition) is 3. The molecular formula is C6H6N2O. The molecule has 3 heteroatoms. The van der Waals surface area contributed by atoms with Crippen molar-refractivity contribution in [1.82, 2.24) is 4.90 Å². The second kappa shape index (κ2) is 1.62. The summed E-state index contributed by atoms with van der Waals surface area (Å²) in [4.78, 5) is 5.80. The predicted octanol–water partition coefficient (Wildman–Crippen LogP) is 0.671. The van der Waals surface area contributed by atoms with Gasteiger partial charge in [-0.15, -0.1) is 0 Å². The van der Waals surface area contributed by atoms with Crippen molar-refractivity contribution < 1.29 is 4.74 Å². The maximum Gasteiger partial charge on any atom is 0.197 e. The summed E-state index contributed by atoms with van der Waals surface area (Å²) < 4.78 is 5.12. The third kappa shape index (κ3) is 0.614. The van der Waals surface area contributed by atoms with E-state index in [1.165, 1.54) is 0 Å². The Morgan fingerprint density at radius 1 is 1.56 bits per heavy atom. The maximum absolute atomic E-state index is 5.12. The minimum absolute atomic E-state index is 0.0579. The Kier molecular flexibility index (Phi) is 0.828. The molecule has 0 spiro atoms. The zero-order valence-electron chi connectivity index (χ0n) is 4.77. The molecule has 0 aromatic rings. The Hall–Kier alpha value is -1.25. The molecule has 2 aliphatic rings. The van der Waals surface area contributed by atoms with Crippen LogP contribution in [0.2, 0.25) is 0 Å². The fourth-order valence-corrected chi connectivity index (χ4v) is 0.829. The Morgan fingerprint density at radius 2 is 2.56 bits per heavy atom. The number of aliphatic imine (C=N–C) groups is 1. The van der Waals surface area contributed by atoms with Gasteiger partial charge in [0, 0.05) is 12.4 Å². The van der Waals surface area contributed by atoms with Gasteiger partial charge in [-0.05, 0) is 6.08 Å². The largest absolute Gasteiger partial charge is 0.473 e. The highest BCUT2D eigenvalue weighted by atomic mass is 16.5. The number of nitrogens with zero attached hydrogens (tertiary/aromatic N) is 2. The Labute approximate surface area is 52.9 Å². The zero-order valence-corrected chi connectivity index (χ0v) is 4.77. The van der Waals surface area contributed by atoms with Gasteiger partial charge in [0.25, 0.3) is 0 Å². The molecule has 3 nitrogen and oxygen atoms in total. The molecule has 1 unspecified atom stereocenters. The molecule has 9 heavy (non-hydrogen) atoms. The molecule has 0 bridgehead atoms. The fraction of sp³-hybridized carbons (Fsp3) is 0.167. The van der Waals surface area contributed by atoms with Crippen molar-refractivity contribution in [3.63, 3.8) is 0 Å². The molecule has 2 rings (SSSR count). The predicted molar refractivity (Wildman–Crippen MR) is 33.5 cm³/mol. The third-order valence-electron chi connectivity index (χ3n) is 1.28. The molecule has 0 aliphatic carbocycles. The monoisotopic (exact) mass is 122 g/mol. The summed E-state index contributed by atoms with van der Waals surface area (Å²) in [6, 6.07) is 0. The van der Waals surface area contributed by atoms with E-state index in [1.807, 2.05) is 17.2 Å². The molecule has 0 amide bonds. The van der Waals surface area contributed by atoms with E-state index < -0.39 is 0 Å². The van der Waals surface area contributed by atoms with Crippen LogP contribution in [0.4, 0.5) is 0 Å². The molecule has 1 atom stereocenters. The van der Waals surface area contributed by atoms with E-state index in [4.69, 9.17) is 4.74 Å². The third-order valence-corrected chi connectivity index (χ3v) is 1.28. The molecule has 2 heterocycles. The van der Waals surface area contributed by atoms with Gasteiger partial charge in [-0.2, -0.15) is 0 Å². The SMILES string of the molecule is C1=CC2OC=CN2C=N1. The Balaban J connectivity index is 2.25. The summed E-state index contributed by atoms with van der Waals surface area (Å²) >= 11 is 0. The lowest BCUT2D eigenvalue weighted by Crippen LogP contribution is -2.26. The van der Waals surface area contributed by atoms with Crippen LogP contribution in [-0.4, -0.2) is 17.5 Å². The van der Waals surface area contributed by atoms with E-state index in [-0.39, 0.29) is 6.23 Å². The fourth-order valence-electron chi connectivity index (χ4n) is 0.829. The van der Waals surface area contributed by atoms with Crippen molar-refractivity contribution in [2.75, 3.05) is 0 Å². The van der Waals surface area contributed by atoms with Gasteiger partial charge in [-0.25, -0.2) is 4.99 Å². The van der Waals surface area contributed by atoms with Gasteiger partial charge in [0.2, 0.25) is 0 Å². The van der Waals surface area contributed by atoms with Gasteiger partial charge >= 0.3 is 0 Å². The van der Waals surface area contributed by atoms with Gasteiger partial charge in [0.05, 0.1) is 6.34 Å². The van der Waals surface area contributed by atoms with Crippen LogP contribution >= 0.6 is 0 Å². The molecule has 0 N–H and O–H groups in total. The molecule has 0 radical (unpaired) electrons.